The molecule has 0 spiro atoms. The van der Waals surface area contributed by atoms with Crippen molar-refractivity contribution in [2.45, 2.75) is 6.92 Å². The van der Waals surface area contributed by atoms with Crippen LogP contribution >= 0.6 is 11.3 Å². The molecule has 0 saturated carbocycles. The number of carbonyl (C=O) groups is 1. The summed E-state index contributed by atoms with van der Waals surface area (Å²) in [5.41, 5.74) is 5.86. The molecule has 1 N–H and O–H groups in total. The topological polar surface area (TPSA) is 76.7 Å². The molecule has 144 valence electrons. The van der Waals surface area contributed by atoms with E-state index in [0.29, 0.717) is 5.75 Å². The van der Waals surface area contributed by atoms with Crippen molar-refractivity contribution in [2.75, 3.05) is 5.43 Å². The second-order valence-corrected chi connectivity index (χ2v) is 7.30. The average molecular weight is 403 g/mol. The van der Waals surface area contributed by atoms with E-state index in [4.69, 9.17) is 9.15 Å². The van der Waals surface area contributed by atoms with Crippen molar-refractivity contribution in [3.8, 4) is 17.0 Å². The van der Waals surface area contributed by atoms with Crippen molar-refractivity contribution >= 4 is 28.7 Å². The van der Waals surface area contributed by atoms with E-state index in [9.17, 15) is 4.79 Å². The van der Waals surface area contributed by atoms with Crippen LogP contribution in [0.25, 0.3) is 11.3 Å². The monoisotopic (exact) mass is 403 g/mol. The molecule has 7 heteroatoms. The number of hydrogen-bond acceptors (Lipinski definition) is 7. The van der Waals surface area contributed by atoms with Gasteiger partial charge in [-0.05, 0) is 48.9 Å². The first-order valence-corrected chi connectivity index (χ1v) is 9.68. The fourth-order valence-corrected chi connectivity index (χ4v) is 3.43. The Labute approximate surface area is 171 Å². The highest BCUT2D eigenvalue weighted by molar-refractivity contribution is 7.15. The van der Waals surface area contributed by atoms with Gasteiger partial charge < -0.3 is 9.15 Å². The van der Waals surface area contributed by atoms with E-state index < -0.39 is 5.97 Å². The van der Waals surface area contributed by atoms with Gasteiger partial charge in [0.15, 0.2) is 0 Å². The molecule has 0 aliphatic carbocycles. The van der Waals surface area contributed by atoms with E-state index in [1.807, 2.05) is 37.3 Å². The summed E-state index contributed by atoms with van der Waals surface area (Å²) in [7, 11) is 0. The molecule has 4 rings (SSSR count). The van der Waals surface area contributed by atoms with Gasteiger partial charge in [-0.15, -0.1) is 11.3 Å². The Bertz CT molecular complexity index is 1120. The molecule has 0 aliphatic heterocycles. The summed E-state index contributed by atoms with van der Waals surface area (Å²) in [6, 6.07) is 20.2. The molecule has 0 aliphatic rings. The number of hydrogen-bond donors (Lipinski definition) is 1. The number of nitrogens with zero attached hydrogens (tertiary/aromatic N) is 2. The van der Waals surface area contributed by atoms with Crippen molar-refractivity contribution in [1.29, 1.82) is 0 Å². The molecular weight excluding hydrogens is 386 g/mol. The number of carbonyl (C=O) groups excluding carboxylic acids is 1. The number of furan rings is 1. The minimum absolute atomic E-state index is 0.161. The zero-order valence-corrected chi connectivity index (χ0v) is 16.3. The first kappa shape index (κ1) is 18.6. The van der Waals surface area contributed by atoms with Crippen LogP contribution in [0.1, 0.15) is 21.0 Å². The summed E-state index contributed by atoms with van der Waals surface area (Å²) in [6.45, 7) is 2.04. The fraction of sp³-hybridized carbons (Fsp3) is 0.0455. The van der Waals surface area contributed by atoms with Gasteiger partial charge in [-0.1, -0.05) is 30.3 Å². The van der Waals surface area contributed by atoms with Gasteiger partial charge in [0.25, 0.3) is 0 Å². The average Bonchev–Trinajstić information content (AvgIpc) is 3.40. The second kappa shape index (κ2) is 8.53. The van der Waals surface area contributed by atoms with Crippen LogP contribution in [0.15, 0.2) is 82.5 Å². The van der Waals surface area contributed by atoms with E-state index >= 15 is 0 Å². The molecule has 29 heavy (non-hydrogen) atoms. The number of aromatic nitrogens is 1. The zero-order chi connectivity index (χ0) is 20.1. The molecule has 0 fully saturated rings. The summed E-state index contributed by atoms with van der Waals surface area (Å²) in [5.74, 6) is 0.0551. The molecule has 0 unspecified atom stereocenters. The maximum Gasteiger partial charge on any atom is 0.379 e. The predicted molar refractivity (Wildman–Crippen MR) is 114 cm³/mol. The summed E-state index contributed by atoms with van der Waals surface area (Å²) in [5, 5.41) is 4.97. The number of rotatable bonds is 6. The Morgan fingerprint density at radius 1 is 1.10 bits per heavy atom. The summed E-state index contributed by atoms with van der Waals surface area (Å²) in [6.07, 6.45) is 3.10. The van der Waals surface area contributed by atoms with Crippen molar-refractivity contribution in [2.24, 2.45) is 5.10 Å². The maximum atomic E-state index is 11.9. The smallest absolute Gasteiger partial charge is 0.379 e. The lowest BCUT2D eigenvalue weighted by Gasteiger charge is -2.02. The molecular formula is C22H17N3O3S. The summed E-state index contributed by atoms with van der Waals surface area (Å²) in [4.78, 5) is 17.6. The number of ether oxygens (including phenoxy) is 1. The number of anilines is 1. The minimum atomic E-state index is -0.536. The van der Waals surface area contributed by atoms with Crippen LogP contribution < -0.4 is 10.2 Å². The Kier molecular flexibility index (Phi) is 5.49. The molecule has 0 atom stereocenters. The lowest BCUT2D eigenvalue weighted by Crippen LogP contribution is -2.07. The van der Waals surface area contributed by atoms with Crippen LogP contribution in [0.2, 0.25) is 0 Å². The molecule has 6 nitrogen and oxygen atoms in total. The lowest BCUT2D eigenvalue weighted by molar-refractivity contribution is 0.0701. The number of thiazole rings is 1. The first-order valence-electron chi connectivity index (χ1n) is 8.87. The second-order valence-electron chi connectivity index (χ2n) is 6.10. The van der Waals surface area contributed by atoms with E-state index in [0.717, 1.165) is 26.8 Å². The van der Waals surface area contributed by atoms with Crippen LogP contribution in [0.5, 0.6) is 5.75 Å². The van der Waals surface area contributed by atoms with Crippen LogP contribution in [-0.4, -0.2) is 17.2 Å². The molecule has 4 aromatic rings. The summed E-state index contributed by atoms with van der Waals surface area (Å²) >= 11 is 1.55. The maximum absolute atomic E-state index is 11.9. The van der Waals surface area contributed by atoms with E-state index in [2.05, 4.69) is 15.5 Å². The Morgan fingerprint density at radius 2 is 1.90 bits per heavy atom. The molecule has 0 amide bonds. The molecule has 0 radical (unpaired) electrons. The summed E-state index contributed by atoms with van der Waals surface area (Å²) < 4.78 is 10.3. The van der Waals surface area contributed by atoms with Gasteiger partial charge in [-0.3, -0.25) is 5.43 Å². The standard InChI is InChI=1S/C22H17N3O3S/c1-15-20(17-6-3-2-4-7-17)24-22(29-15)25-23-14-16-9-11-18(12-10-16)28-21(26)19-8-5-13-27-19/h2-14H,1H3,(H,24,25)/b23-14+. The molecule has 0 saturated heterocycles. The van der Waals surface area contributed by atoms with Crippen molar-refractivity contribution in [1.82, 2.24) is 4.98 Å². The lowest BCUT2D eigenvalue weighted by atomic mass is 10.1. The number of nitrogens with one attached hydrogen (secondary N) is 1. The van der Waals surface area contributed by atoms with E-state index in [-0.39, 0.29) is 5.76 Å². The molecule has 2 heterocycles. The molecule has 0 bridgehead atoms. The van der Waals surface area contributed by atoms with Gasteiger partial charge in [0.05, 0.1) is 18.2 Å². The SMILES string of the molecule is Cc1sc(N/N=C/c2ccc(OC(=O)c3ccco3)cc2)nc1-c1ccccc1. The highest BCUT2D eigenvalue weighted by Crippen LogP contribution is 2.30. The van der Waals surface area contributed by atoms with Crippen LogP contribution in [-0.2, 0) is 0 Å². The van der Waals surface area contributed by atoms with Crippen LogP contribution in [0.3, 0.4) is 0 Å². The molecule has 2 aromatic carbocycles. The van der Waals surface area contributed by atoms with E-state index in [1.54, 1.807) is 53.9 Å². The Balaban J connectivity index is 1.37. The number of esters is 1. The van der Waals surface area contributed by atoms with E-state index in [1.165, 1.54) is 6.26 Å². The fourth-order valence-electron chi connectivity index (χ4n) is 2.64. The van der Waals surface area contributed by atoms with Crippen LogP contribution in [0, 0.1) is 6.92 Å². The Hall–Kier alpha value is -3.71. The highest BCUT2D eigenvalue weighted by Gasteiger charge is 2.11. The number of benzene rings is 2. The minimum Gasteiger partial charge on any atom is -0.457 e. The van der Waals surface area contributed by atoms with Crippen molar-refractivity contribution in [3.05, 3.63) is 89.2 Å². The third-order valence-corrected chi connectivity index (χ3v) is 4.91. The first-order chi connectivity index (χ1) is 14.2. The van der Waals surface area contributed by atoms with Gasteiger partial charge in [0, 0.05) is 10.4 Å². The third-order valence-electron chi connectivity index (χ3n) is 4.03. The quantitative estimate of drug-likeness (QED) is 0.202. The van der Waals surface area contributed by atoms with Crippen molar-refractivity contribution in [3.63, 3.8) is 0 Å². The largest absolute Gasteiger partial charge is 0.457 e. The van der Waals surface area contributed by atoms with Crippen molar-refractivity contribution < 1.29 is 13.9 Å². The predicted octanol–water partition coefficient (Wildman–Crippen LogP) is 5.38. The van der Waals surface area contributed by atoms with Gasteiger partial charge in [-0.25, -0.2) is 9.78 Å². The zero-order valence-electron chi connectivity index (χ0n) is 15.5. The Morgan fingerprint density at radius 3 is 2.62 bits per heavy atom. The van der Waals surface area contributed by atoms with Gasteiger partial charge in [0.1, 0.15) is 5.75 Å². The highest BCUT2D eigenvalue weighted by atomic mass is 32.1. The third kappa shape index (κ3) is 4.59. The van der Waals surface area contributed by atoms with Gasteiger partial charge >= 0.3 is 5.97 Å². The van der Waals surface area contributed by atoms with Gasteiger partial charge in [0.2, 0.25) is 10.9 Å². The van der Waals surface area contributed by atoms with Crippen LogP contribution in [0.4, 0.5) is 5.13 Å². The van der Waals surface area contributed by atoms with Gasteiger partial charge in [-0.2, -0.15) is 5.10 Å². The molecule has 2 aromatic heterocycles. The number of aryl methyl sites for hydroxylation is 1. The normalized spacial score (nSPS) is 10.9. The number of hydrazone groups is 1.